The standard InChI is InChI=1S/C14H13BCl2O4/c1-20-13-4-2-9(6-11(13)15(18)19)8-21-14-5-3-10(16)7-12(14)17/h2-7,18-19H,8H2,1H3. The van der Waals surface area contributed by atoms with Crippen molar-refractivity contribution in [3.63, 3.8) is 0 Å². The first kappa shape index (κ1) is 16.0. The van der Waals surface area contributed by atoms with Gasteiger partial charge in [0.25, 0.3) is 0 Å². The molecule has 0 aromatic heterocycles. The molecule has 0 aliphatic heterocycles. The van der Waals surface area contributed by atoms with Gasteiger partial charge in [-0.15, -0.1) is 0 Å². The summed E-state index contributed by atoms with van der Waals surface area (Å²) in [4.78, 5) is 0. The van der Waals surface area contributed by atoms with Crippen LogP contribution < -0.4 is 14.9 Å². The van der Waals surface area contributed by atoms with E-state index in [0.717, 1.165) is 5.56 Å². The Morgan fingerprint density at radius 2 is 1.76 bits per heavy atom. The van der Waals surface area contributed by atoms with Gasteiger partial charge in [-0.3, -0.25) is 0 Å². The number of halogens is 2. The van der Waals surface area contributed by atoms with E-state index in [1.54, 1.807) is 36.4 Å². The molecular formula is C14H13BCl2O4. The molecule has 21 heavy (non-hydrogen) atoms. The third kappa shape index (κ3) is 4.05. The summed E-state index contributed by atoms with van der Waals surface area (Å²) in [6.45, 7) is 0.227. The first-order chi connectivity index (χ1) is 10.0. The second-order valence-electron chi connectivity index (χ2n) is 4.31. The molecule has 2 N–H and O–H groups in total. The topological polar surface area (TPSA) is 58.9 Å². The minimum Gasteiger partial charge on any atom is -0.497 e. The highest BCUT2D eigenvalue weighted by Gasteiger charge is 2.17. The minimum atomic E-state index is -1.61. The molecule has 0 saturated carbocycles. The quantitative estimate of drug-likeness (QED) is 0.827. The fraction of sp³-hybridized carbons (Fsp3) is 0.143. The molecule has 0 radical (unpaired) electrons. The smallest absolute Gasteiger partial charge is 0.492 e. The second-order valence-corrected chi connectivity index (χ2v) is 5.16. The number of hydrogen-bond donors (Lipinski definition) is 2. The Bertz CT molecular complexity index is 634. The summed E-state index contributed by atoms with van der Waals surface area (Å²) in [5.74, 6) is 0.904. The molecule has 4 nitrogen and oxygen atoms in total. The molecule has 7 heteroatoms. The Hall–Kier alpha value is -1.40. The predicted molar refractivity (Wildman–Crippen MR) is 83.6 cm³/mol. The summed E-state index contributed by atoms with van der Waals surface area (Å²) in [5, 5.41) is 19.6. The number of rotatable bonds is 5. The Balaban J connectivity index is 2.14. The van der Waals surface area contributed by atoms with Crippen LogP contribution in [-0.4, -0.2) is 24.3 Å². The summed E-state index contributed by atoms with van der Waals surface area (Å²) in [6.07, 6.45) is 0. The van der Waals surface area contributed by atoms with Crippen molar-refractivity contribution in [1.82, 2.24) is 0 Å². The van der Waals surface area contributed by atoms with Crippen LogP contribution in [0.1, 0.15) is 5.56 Å². The van der Waals surface area contributed by atoms with Crippen LogP contribution in [0.15, 0.2) is 36.4 Å². The van der Waals surface area contributed by atoms with Crippen molar-refractivity contribution in [2.75, 3.05) is 7.11 Å². The van der Waals surface area contributed by atoms with E-state index in [2.05, 4.69) is 0 Å². The Morgan fingerprint density at radius 3 is 2.38 bits per heavy atom. The van der Waals surface area contributed by atoms with Gasteiger partial charge in [-0.05, 0) is 29.8 Å². The molecule has 0 saturated heterocycles. The van der Waals surface area contributed by atoms with E-state index in [-0.39, 0.29) is 12.1 Å². The summed E-state index contributed by atoms with van der Waals surface area (Å²) < 4.78 is 10.7. The highest BCUT2D eigenvalue weighted by Crippen LogP contribution is 2.28. The van der Waals surface area contributed by atoms with Crippen molar-refractivity contribution >= 4 is 35.8 Å². The fourth-order valence-electron chi connectivity index (χ4n) is 1.83. The van der Waals surface area contributed by atoms with Crippen LogP contribution in [0.5, 0.6) is 11.5 Å². The van der Waals surface area contributed by atoms with Crippen molar-refractivity contribution in [2.45, 2.75) is 6.61 Å². The van der Waals surface area contributed by atoms with Gasteiger partial charge in [0.05, 0.1) is 12.1 Å². The Kier molecular flexibility index (Phi) is 5.36. The number of hydrogen-bond acceptors (Lipinski definition) is 4. The van der Waals surface area contributed by atoms with E-state index in [1.165, 1.54) is 7.11 Å². The monoisotopic (exact) mass is 326 g/mol. The van der Waals surface area contributed by atoms with Crippen molar-refractivity contribution in [3.8, 4) is 11.5 Å². The Morgan fingerprint density at radius 1 is 1.05 bits per heavy atom. The van der Waals surface area contributed by atoms with Gasteiger partial charge in [-0.2, -0.15) is 0 Å². The van der Waals surface area contributed by atoms with Gasteiger partial charge in [0.1, 0.15) is 18.1 Å². The van der Waals surface area contributed by atoms with E-state index in [4.69, 9.17) is 32.7 Å². The molecule has 2 rings (SSSR count). The maximum atomic E-state index is 9.32. The molecule has 0 amide bonds. The number of methoxy groups -OCH3 is 1. The molecule has 0 fully saturated rings. The van der Waals surface area contributed by atoms with Crippen LogP contribution in [0.2, 0.25) is 10.0 Å². The molecule has 110 valence electrons. The highest BCUT2D eigenvalue weighted by molar-refractivity contribution is 6.59. The highest BCUT2D eigenvalue weighted by atomic mass is 35.5. The summed E-state index contributed by atoms with van der Waals surface area (Å²) in [6, 6.07) is 9.98. The number of ether oxygens (including phenoxy) is 2. The van der Waals surface area contributed by atoms with Gasteiger partial charge in [-0.1, -0.05) is 35.3 Å². The van der Waals surface area contributed by atoms with Crippen molar-refractivity contribution < 1.29 is 19.5 Å². The maximum Gasteiger partial charge on any atom is 0.492 e. The average Bonchev–Trinajstić information content (AvgIpc) is 2.46. The van der Waals surface area contributed by atoms with Gasteiger partial charge >= 0.3 is 7.12 Å². The van der Waals surface area contributed by atoms with E-state index in [9.17, 15) is 10.0 Å². The van der Waals surface area contributed by atoms with Crippen LogP contribution in [0.3, 0.4) is 0 Å². The third-order valence-electron chi connectivity index (χ3n) is 2.86. The lowest BCUT2D eigenvalue weighted by molar-refractivity contribution is 0.306. The van der Waals surface area contributed by atoms with Gasteiger partial charge in [0, 0.05) is 10.5 Å². The normalized spacial score (nSPS) is 10.3. The largest absolute Gasteiger partial charge is 0.497 e. The van der Waals surface area contributed by atoms with Gasteiger partial charge < -0.3 is 19.5 Å². The van der Waals surface area contributed by atoms with Crippen LogP contribution in [0, 0.1) is 0 Å². The van der Waals surface area contributed by atoms with Crippen LogP contribution in [0.4, 0.5) is 0 Å². The van der Waals surface area contributed by atoms with Gasteiger partial charge in [-0.25, -0.2) is 0 Å². The molecule has 0 bridgehead atoms. The van der Waals surface area contributed by atoms with E-state index >= 15 is 0 Å². The van der Waals surface area contributed by atoms with Crippen molar-refractivity contribution in [1.29, 1.82) is 0 Å². The van der Waals surface area contributed by atoms with E-state index < -0.39 is 7.12 Å². The van der Waals surface area contributed by atoms with Crippen molar-refractivity contribution in [3.05, 3.63) is 52.0 Å². The van der Waals surface area contributed by atoms with Gasteiger partial charge in [0.15, 0.2) is 0 Å². The van der Waals surface area contributed by atoms with Crippen LogP contribution in [0.25, 0.3) is 0 Å². The molecule has 0 atom stereocenters. The molecule has 0 unspecified atom stereocenters. The molecule has 2 aromatic rings. The maximum absolute atomic E-state index is 9.32. The average molecular weight is 327 g/mol. The number of benzene rings is 2. The zero-order valence-corrected chi connectivity index (χ0v) is 12.7. The molecule has 0 heterocycles. The van der Waals surface area contributed by atoms with Crippen LogP contribution >= 0.6 is 23.2 Å². The lowest BCUT2D eigenvalue weighted by Gasteiger charge is -2.12. The second kappa shape index (κ2) is 7.05. The molecule has 0 spiro atoms. The summed E-state index contributed by atoms with van der Waals surface area (Å²) in [7, 11) is -0.149. The van der Waals surface area contributed by atoms with E-state index in [0.29, 0.717) is 21.5 Å². The lowest BCUT2D eigenvalue weighted by atomic mass is 9.79. The predicted octanol–water partition coefficient (Wildman–Crippen LogP) is 2.26. The van der Waals surface area contributed by atoms with Crippen LogP contribution in [-0.2, 0) is 6.61 Å². The SMILES string of the molecule is COc1ccc(COc2ccc(Cl)cc2Cl)cc1B(O)O. The summed E-state index contributed by atoms with van der Waals surface area (Å²) in [5.41, 5.74) is 1.03. The fourth-order valence-corrected chi connectivity index (χ4v) is 2.29. The zero-order chi connectivity index (χ0) is 15.4. The first-order valence-electron chi connectivity index (χ1n) is 6.12. The minimum absolute atomic E-state index is 0.227. The van der Waals surface area contributed by atoms with E-state index in [1.807, 2.05) is 0 Å². The zero-order valence-electron chi connectivity index (χ0n) is 11.2. The van der Waals surface area contributed by atoms with Gasteiger partial charge in [0.2, 0.25) is 0 Å². The first-order valence-corrected chi connectivity index (χ1v) is 6.87. The molecular weight excluding hydrogens is 314 g/mol. The summed E-state index contributed by atoms with van der Waals surface area (Å²) >= 11 is 11.8. The lowest BCUT2D eigenvalue weighted by Crippen LogP contribution is -2.31. The molecule has 2 aromatic carbocycles. The Labute approximate surface area is 133 Å². The molecule has 0 aliphatic rings. The van der Waals surface area contributed by atoms with Crippen molar-refractivity contribution in [2.24, 2.45) is 0 Å². The third-order valence-corrected chi connectivity index (χ3v) is 3.39. The molecule has 0 aliphatic carbocycles.